The molecular weight excluding hydrogens is 175 g/mol. The molecule has 0 saturated heterocycles. The van der Waals surface area contributed by atoms with Crippen LogP contribution >= 0.6 is 0 Å². The highest BCUT2D eigenvalue weighted by Gasteiger charge is 2.40. The molecule has 0 bridgehead atoms. The van der Waals surface area contributed by atoms with Crippen molar-refractivity contribution in [3.63, 3.8) is 0 Å². The van der Waals surface area contributed by atoms with Crippen molar-refractivity contribution in [2.75, 3.05) is 0 Å². The van der Waals surface area contributed by atoms with Crippen molar-refractivity contribution in [1.29, 1.82) is 0 Å². The molecule has 0 unspecified atom stereocenters. The topological polar surface area (TPSA) is 0 Å². The van der Waals surface area contributed by atoms with Gasteiger partial charge in [-0.2, -0.15) is 0 Å². The van der Waals surface area contributed by atoms with Gasteiger partial charge in [0.25, 0.3) is 0 Å². The van der Waals surface area contributed by atoms with E-state index in [0.717, 1.165) is 11.1 Å². The summed E-state index contributed by atoms with van der Waals surface area (Å²) >= 11 is 0. The smallest absolute Gasteiger partial charge is 0.130 e. The molecule has 1 saturated carbocycles. The summed E-state index contributed by atoms with van der Waals surface area (Å²) in [6, 6.07) is 0. The quantitative estimate of drug-likeness (QED) is 0.584. The zero-order valence-corrected chi connectivity index (χ0v) is 8.73. The molecule has 0 aromatic heterocycles. The summed E-state index contributed by atoms with van der Waals surface area (Å²) in [5, 5.41) is 0. The van der Waals surface area contributed by atoms with Crippen molar-refractivity contribution in [2.24, 2.45) is 5.41 Å². The first-order valence-electron chi connectivity index (χ1n) is 4.99. The van der Waals surface area contributed by atoms with E-state index >= 15 is 0 Å². The summed E-state index contributed by atoms with van der Waals surface area (Å²) in [5.74, 6) is -0.185. The monoisotopic (exact) mass is 190 g/mol. The Kier molecular flexibility index (Phi) is 1.99. The average molecular weight is 190 g/mol. The van der Waals surface area contributed by atoms with Crippen LogP contribution in [0.25, 0.3) is 0 Å². The molecule has 0 N–H and O–H groups in total. The highest BCUT2D eigenvalue weighted by atomic mass is 19.1. The lowest BCUT2D eigenvalue weighted by atomic mass is 9.97. The van der Waals surface area contributed by atoms with Crippen LogP contribution in [0.4, 0.5) is 4.39 Å². The molecule has 0 radical (unpaired) electrons. The van der Waals surface area contributed by atoms with E-state index in [1.165, 1.54) is 12.8 Å². The molecule has 0 aromatic carbocycles. The zero-order valence-electron chi connectivity index (χ0n) is 8.73. The first kappa shape index (κ1) is 9.45. The molecule has 2 aliphatic carbocycles. The summed E-state index contributed by atoms with van der Waals surface area (Å²) in [4.78, 5) is 0. The van der Waals surface area contributed by atoms with Crippen molar-refractivity contribution in [3.8, 4) is 0 Å². The fourth-order valence-corrected chi connectivity index (χ4v) is 1.63. The van der Waals surface area contributed by atoms with Crippen molar-refractivity contribution in [1.82, 2.24) is 0 Å². The summed E-state index contributed by atoms with van der Waals surface area (Å²) in [5.41, 5.74) is 2.75. The van der Waals surface area contributed by atoms with E-state index in [1.807, 2.05) is 19.1 Å². The molecule has 0 nitrogen and oxygen atoms in total. The fraction of sp³-hybridized carbons (Fsp3) is 0.385. The number of halogens is 1. The van der Waals surface area contributed by atoms with Crippen LogP contribution < -0.4 is 0 Å². The van der Waals surface area contributed by atoms with Crippen molar-refractivity contribution in [3.05, 3.63) is 47.4 Å². The summed E-state index contributed by atoms with van der Waals surface area (Å²) in [7, 11) is 0. The third-order valence-corrected chi connectivity index (χ3v) is 3.26. The lowest BCUT2D eigenvalue weighted by Crippen LogP contribution is -1.95. The van der Waals surface area contributed by atoms with Gasteiger partial charge in [0.1, 0.15) is 5.83 Å². The Balaban J connectivity index is 2.41. The van der Waals surface area contributed by atoms with Gasteiger partial charge in [-0.1, -0.05) is 25.7 Å². The Bertz CT molecular complexity index is 376. The highest BCUT2D eigenvalue weighted by Crippen LogP contribution is 2.52. The van der Waals surface area contributed by atoms with E-state index in [-0.39, 0.29) is 11.2 Å². The van der Waals surface area contributed by atoms with Gasteiger partial charge in [0, 0.05) is 5.57 Å². The van der Waals surface area contributed by atoms with Crippen LogP contribution in [0, 0.1) is 5.41 Å². The standard InChI is InChI=1S/C13H15F/c1-9-4-5-11(13(3)6-7-13)8-12(14)10(9)2/h4-5,8H,2,6-7H2,1,3H3. The van der Waals surface area contributed by atoms with Crippen LogP contribution in [-0.2, 0) is 0 Å². The van der Waals surface area contributed by atoms with Gasteiger partial charge in [-0.05, 0) is 42.4 Å². The predicted molar refractivity (Wildman–Crippen MR) is 57.5 cm³/mol. The second-order valence-corrected chi connectivity index (χ2v) is 4.50. The molecule has 2 rings (SSSR count). The van der Waals surface area contributed by atoms with Crippen molar-refractivity contribution in [2.45, 2.75) is 26.7 Å². The van der Waals surface area contributed by atoms with Gasteiger partial charge in [0.05, 0.1) is 0 Å². The van der Waals surface area contributed by atoms with E-state index in [0.29, 0.717) is 5.57 Å². The second-order valence-electron chi connectivity index (χ2n) is 4.50. The zero-order chi connectivity index (χ0) is 10.3. The van der Waals surface area contributed by atoms with Gasteiger partial charge < -0.3 is 0 Å². The molecule has 14 heavy (non-hydrogen) atoms. The second kappa shape index (κ2) is 2.94. The first-order chi connectivity index (χ1) is 6.53. The molecular formula is C13H15F. The molecule has 1 fully saturated rings. The Morgan fingerprint density at radius 3 is 2.57 bits per heavy atom. The van der Waals surface area contributed by atoms with Gasteiger partial charge in [0.15, 0.2) is 0 Å². The molecule has 1 heteroatoms. The Labute approximate surface area is 84.5 Å². The van der Waals surface area contributed by atoms with E-state index < -0.39 is 0 Å². The molecule has 0 aromatic rings. The van der Waals surface area contributed by atoms with Gasteiger partial charge in [0.2, 0.25) is 0 Å². The maximum absolute atomic E-state index is 13.6. The SMILES string of the molecule is C=C1C(C)=CC=C(C2(C)CC2)C=C1F. The van der Waals surface area contributed by atoms with Crippen LogP contribution in [-0.4, -0.2) is 0 Å². The highest BCUT2D eigenvalue weighted by molar-refractivity contribution is 5.50. The average Bonchev–Trinajstić information content (AvgIpc) is 2.89. The van der Waals surface area contributed by atoms with E-state index in [2.05, 4.69) is 13.5 Å². The molecule has 74 valence electrons. The lowest BCUT2D eigenvalue weighted by molar-refractivity contribution is 0.642. The van der Waals surface area contributed by atoms with Gasteiger partial charge in [-0.25, -0.2) is 4.39 Å². The Hall–Kier alpha value is -1.11. The third kappa shape index (κ3) is 1.47. The van der Waals surface area contributed by atoms with Gasteiger partial charge in [-0.15, -0.1) is 0 Å². The molecule has 0 heterocycles. The number of rotatable bonds is 1. The minimum Gasteiger partial charge on any atom is -0.206 e. The van der Waals surface area contributed by atoms with Gasteiger partial charge in [-0.3, -0.25) is 0 Å². The molecule has 0 spiro atoms. The van der Waals surface area contributed by atoms with Crippen molar-refractivity contribution >= 4 is 0 Å². The molecule has 0 atom stereocenters. The van der Waals surface area contributed by atoms with Crippen LogP contribution in [0.1, 0.15) is 26.7 Å². The first-order valence-corrected chi connectivity index (χ1v) is 4.99. The molecule has 0 aliphatic heterocycles. The maximum atomic E-state index is 13.6. The molecule has 0 amide bonds. The van der Waals surface area contributed by atoms with E-state index in [1.54, 1.807) is 6.08 Å². The number of allylic oxidation sites excluding steroid dienone is 7. The maximum Gasteiger partial charge on any atom is 0.130 e. The normalized spacial score (nSPS) is 24.8. The Morgan fingerprint density at radius 1 is 1.36 bits per heavy atom. The van der Waals surface area contributed by atoms with Crippen LogP contribution in [0.3, 0.4) is 0 Å². The number of hydrogen-bond donors (Lipinski definition) is 0. The minimum atomic E-state index is -0.185. The fourth-order valence-electron chi connectivity index (χ4n) is 1.63. The van der Waals surface area contributed by atoms with Crippen LogP contribution in [0.5, 0.6) is 0 Å². The van der Waals surface area contributed by atoms with Crippen LogP contribution in [0.2, 0.25) is 0 Å². The summed E-state index contributed by atoms with van der Waals surface area (Å²) < 4.78 is 13.6. The van der Waals surface area contributed by atoms with Gasteiger partial charge >= 0.3 is 0 Å². The van der Waals surface area contributed by atoms with Crippen LogP contribution in [0.15, 0.2) is 47.4 Å². The lowest BCUT2D eigenvalue weighted by Gasteiger charge is -2.08. The predicted octanol–water partition coefficient (Wildman–Crippen LogP) is 4.08. The van der Waals surface area contributed by atoms with E-state index in [9.17, 15) is 4.39 Å². The Morgan fingerprint density at radius 2 is 2.00 bits per heavy atom. The molecule has 2 aliphatic rings. The largest absolute Gasteiger partial charge is 0.206 e. The summed E-state index contributed by atoms with van der Waals surface area (Å²) in [6.07, 6.45) is 7.97. The minimum absolute atomic E-state index is 0.185. The van der Waals surface area contributed by atoms with Crippen molar-refractivity contribution < 1.29 is 4.39 Å². The summed E-state index contributed by atoms with van der Waals surface area (Å²) in [6.45, 7) is 7.80. The third-order valence-electron chi connectivity index (χ3n) is 3.26. The number of hydrogen-bond acceptors (Lipinski definition) is 0. The van der Waals surface area contributed by atoms with E-state index in [4.69, 9.17) is 0 Å².